The van der Waals surface area contributed by atoms with Crippen LogP contribution in [-0.2, 0) is 9.59 Å². The molecule has 4 nitrogen and oxygen atoms in total. The predicted octanol–water partition coefficient (Wildman–Crippen LogP) is 2.68. The van der Waals surface area contributed by atoms with Crippen LogP contribution in [0.4, 0.5) is 0 Å². The summed E-state index contributed by atoms with van der Waals surface area (Å²) in [6.07, 6.45) is 1.98. The van der Waals surface area contributed by atoms with E-state index in [4.69, 9.17) is 5.11 Å². The molecule has 0 heterocycles. The van der Waals surface area contributed by atoms with E-state index in [-0.39, 0.29) is 17.9 Å². The van der Waals surface area contributed by atoms with Gasteiger partial charge in [0.2, 0.25) is 5.91 Å². The van der Waals surface area contributed by atoms with Gasteiger partial charge in [-0.2, -0.15) is 0 Å². The van der Waals surface area contributed by atoms with Gasteiger partial charge in [-0.3, -0.25) is 9.59 Å². The molecule has 0 aromatic rings. The summed E-state index contributed by atoms with van der Waals surface area (Å²) in [6.45, 7) is 10.6. The molecule has 2 unspecified atom stereocenters. The predicted molar refractivity (Wildman–Crippen MR) is 72.3 cm³/mol. The van der Waals surface area contributed by atoms with E-state index in [0.717, 1.165) is 6.42 Å². The smallest absolute Gasteiger partial charge is 0.308 e. The molecule has 106 valence electrons. The second kappa shape index (κ2) is 7.39. The molecule has 0 saturated carbocycles. The van der Waals surface area contributed by atoms with Crippen molar-refractivity contribution in [3.05, 3.63) is 0 Å². The highest BCUT2D eigenvalue weighted by Crippen LogP contribution is 2.25. The Balaban J connectivity index is 4.01. The maximum absolute atomic E-state index is 11.7. The zero-order valence-electron chi connectivity index (χ0n) is 12.2. The van der Waals surface area contributed by atoms with E-state index in [1.165, 1.54) is 0 Å². The first-order valence-corrected chi connectivity index (χ1v) is 6.65. The zero-order chi connectivity index (χ0) is 14.3. The summed E-state index contributed by atoms with van der Waals surface area (Å²) in [7, 11) is 0. The van der Waals surface area contributed by atoms with Gasteiger partial charge in [0, 0.05) is 13.0 Å². The highest BCUT2D eigenvalue weighted by Gasteiger charge is 2.19. The summed E-state index contributed by atoms with van der Waals surface area (Å²) < 4.78 is 0. The summed E-state index contributed by atoms with van der Waals surface area (Å²) >= 11 is 0. The molecule has 1 amide bonds. The molecule has 0 saturated heterocycles. The number of carboxylic acid groups (broad SMARTS) is 1. The van der Waals surface area contributed by atoms with Gasteiger partial charge in [0.15, 0.2) is 0 Å². The molecule has 0 rings (SSSR count). The van der Waals surface area contributed by atoms with Crippen LogP contribution in [-0.4, -0.2) is 23.5 Å². The maximum Gasteiger partial charge on any atom is 0.308 e. The largest absolute Gasteiger partial charge is 0.481 e. The Bertz CT molecular complexity index is 281. The highest BCUT2D eigenvalue weighted by molar-refractivity contribution is 5.77. The van der Waals surface area contributed by atoms with Crippen molar-refractivity contribution in [3.63, 3.8) is 0 Å². The molecule has 0 aliphatic carbocycles. The molecule has 0 aromatic carbocycles. The van der Waals surface area contributed by atoms with Crippen molar-refractivity contribution in [1.82, 2.24) is 5.32 Å². The van der Waals surface area contributed by atoms with Gasteiger partial charge in [-0.05, 0) is 24.2 Å². The summed E-state index contributed by atoms with van der Waals surface area (Å²) in [4.78, 5) is 22.5. The van der Waals surface area contributed by atoms with Crippen LogP contribution < -0.4 is 5.32 Å². The van der Waals surface area contributed by atoms with Gasteiger partial charge in [-0.1, -0.05) is 34.6 Å². The fraction of sp³-hybridized carbons (Fsp3) is 0.857. The van der Waals surface area contributed by atoms with Crippen LogP contribution in [0.25, 0.3) is 0 Å². The van der Waals surface area contributed by atoms with Crippen molar-refractivity contribution in [2.24, 2.45) is 17.3 Å². The van der Waals surface area contributed by atoms with Gasteiger partial charge in [0.05, 0.1) is 5.92 Å². The van der Waals surface area contributed by atoms with Gasteiger partial charge < -0.3 is 10.4 Å². The Kier molecular flexibility index (Phi) is 6.96. The number of rotatable bonds is 7. The van der Waals surface area contributed by atoms with E-state index >= 15 is 0 Å². The van der Waals surface area contributed by atoms with E-state index in [2.05, 4.69) is 33.0 Å². The summed E-state index contributed by atoms with van der Waals surface area (Å²) in [5.74, 6) is -1.06. The van der Waals surface area contributed by atoms with E-state index in [0.29, 0.717) is 18.8 Å². The highest BCUT2D eigenvalue weighted by atomic mass is 16.4. The molecule has 0 radical (unpaired) electrons. The summed E-state index contributed by atoms with van der Waals surface area (Å²) in [6, 6.07) is 0. The Labute approximate surface area is 110 Å². The molecule has 18 heavy (non-hydrogen) atoms. The average Bonchev–Trinajstić information content (AvgIpc) is 2.14. The minimum absolute atomic E-state index is 0.0496. The number of carbonyl (C=O) groups is 2. The summed E-state index contributed by atoms with van der Waals surface area (Å²) in [5, 5.41) is 11.6. The van der Waals surface area contributed by atoms with Crippen LogP contribution in [0.15, 0.2) is 0 Å². The van der Waals surface area contributed by atoms with E-state index < -0.39 is 11.9 Å². The van der Waals surface area contributed by atoms with Gasteiger partial charge in [0.1, 0.15) is 0 Å². The van der Waals surface area contributed by atoms with Crippen molar-refractivity contribution in [1.29, 1.82) is 0 Å². The van der Waals surface area contributed by atoms with Gasteiger partial charge in [-0.15, -0.1) is 0 Å². The lowest BCUT2D eigenvalue weighted by Crippen LogP contribution is -2.33. The summed E-state index contributed by atoms with van der Waals surface area (Å²) in [5.41, 5.74) is 0.215. The van der Waals surface area contributed by atoms with Crippen LogP contribution in [0.5, 0.6) is 0 Å². The van der Waals surface area contributed by atoms with Gasteiger partial charge in [0.25, 0.3) is 0 Å². The van der Waals surface area contributed by atoms with Gasteiger partial charge >= 0.3 is 5.97 Å². The van der Waals surface area contributed by atoms with Crippen LogP contribution in [0.3, 0.4) is 0 Å². The van der Waals surface area contributed by atoms with Crippen molar-refractivity contribution in [2.45, 2.75) is 53.9 Å². The molecular formula is C14H27NO3. The molecular weight excluding hydrogens is 230 g/mol. The zero-order valence-corrected chi connectivity index (χ0v) is 12.2. The second-order valence-corrected chi connectivity index (χ2v) is 6.32. The lowest BCUT2D eigenvalue weighted by molar-refractivity contribution is -0.141. The van der Waals surface area contributed by atoms with E-state index in [1.807, 2.05) is 6.92 Å². The molecule has 0 aliphatic heterocycles. The first kappa shape index (κ1) is 16.9. The third kappa shape index (κ3) is 8.09. The fourth-order valence-electron chi connectivity index (χ4n) is 2.15. The number of carboxylic acids is 1. The molecule has 0 aromatic heterocycles. The normalized spacial score (nSPS) is 14.9. The minimum atomic E-state index is -0.847. The third-order valence-electron chi connectivity index (χ3n) is 2.88. The third-order valence-corrected chi connectivity index (χ3v) is 2.88. The lowest BCUT2D eigenvalue weighted by atomic mass is 9.84. The number of nitrogens with one attached hydrogen (secondary N) is 1. The first-order valence-electron chi connectivity index (χ1n) is 6.65. The SMILES string of the molecule is CCC(CNC(=O)CC(C)CC(C)(C)C)C(=O)O. The fourth-order valence-corrected chi connectivity index (χ4v) is 2.15. The standard InChI is InChI=1S/C14H27NO3/c1-6-11(13(17)18)9-15-12(16)7-10(2)8-14(3,4)5/h10-11H,6-9H2,1-5H3,(H,15,16)(H,17,18). The number of aliphatic carboxylic acids is 1. The molecule has 0 fully saturated rings. The molecule has 0 bridgehead atoms. The molecule has 2 N–H and O–H groups in total. The van der Waals surface area contributed by atoms with Crippen molar-refractivity contribution in [2.75, 3.05) is 6.54 Å². The first-order chi connectivity index (χ1) is 8.15. The molecule has 4 heteroatoms. The Morgan fingerprint density at radius 2 is 1.83 bits per heavy atom. The number of hydrogen-bond donors (Lipinski definition) is 2. The minimum Gasteiger partial charge on any atom is -0.481 e. The Hall–Kier alpha value is -1.06. The second-order valence-electron chi connectivity index (χ2n) is 6.32. The van der Waals surface area contributed by atoms with Crippen LogP contribution in [0.2, 0.25) is 0 Å². The van der Waals surface area contributed by atoms with Crippen LogP contribution in [0.1, 0.15) is 53.9 Å². The van der Waals surface area contributed by atoms with Crippen molar-refractivity contribution in [3.8, 4) is 0 Å². The van der Waals surface area contributed by atoms with Gasteiger partial charge in [-0.25, -0.2) is 0 Å². The van der Waals surface area contributed by atoms with Crippen LogP contribution >= 0.6 is 0 Å². The Morgan fingerprint density at radius 1 is 1.28 bits per heavy atom. The maximum atomic E-state index is 11.7. The monoisotopic (exact) mass is 257 g/mol. The average molecular weight is 257 g/mol. The van der Waals surface area contributed by atoms with Crippen molar-refractivity contribution < 1.29 is 14.7 Å². The van der Waals surface area contributed by atoms with E-state index in [9.17, 15) is 9.59 Å². The van der Waals surface area contributed by atoms with E-state index in [1.54, 1.807) is 0 Å². The van der Waals surface area contributed by atoms with Crippen molar-refractivity contribution >= 4 is 11.9 Å². The molecule has 0 spiro atoms. The number of hydrogen-bond acceptors (Lipinski definition) is 2. The quantitative estimate of drug-likeness (QED) is 0.737. The number of carbonyl (C=O) groups excluding carboxylic acids is 1. The topological polar surface area (TPSA) is 66.4 Å². The number of amides is 1. The lowest BCUT2D eigenvalue weighted by Gasteiger charge is -2.23. The molecule has 2 atom stereocenters. The van der Waals surface area contributed by atoms with Crippen LogP contribution in [0, 0.1) is 17.3 Å². The Morgan fingerprint density at radius 3 is 2.22 bits per heavy atom. The molecule has 0 aliphatic rings.